The quantitative estimate of drug-likeness (QED) is 0.732. The molecule has 1 aromatic carbocycles. The Morgan fingerprint density at radius 3 is 2.25 bits per heavy atom. The number of benzene rings is 1. The third kappa shape index (κ3) is 3.41. The monoisotopic (exact) mass is 322 g/mol. The van der Waals surface area contributed by atoms with Crippen molar-refractivity contribution < 1.29 is 21.6 Å². The van der Waals surface area contributed by atoms with Gasteiger partial charge in [-0.25, -0.2) is 22.0 Å². The first kappa shape index (κ1) is 16.7. The third-order valence-corrected chi connectivity index (χ3v) is 7.14. The Bertz CT molecular complexity index is 683. The first-order valence-electron chi connectivity index (χ1n) is 5.83. The molecule has 4 N–H and O–H groups in total. The highest BCUT2D eigenvalue weighted by Crippen LogP contribution is 2.28. The number of primary sulfonamides is 1. The lowest BCUT2D eigenvalue weighted by atomic mass is 10.3. The summed E-state index contributed by atoms with van der Waals surface area (Å²) in [6.45, 7) is 1.68. The van der Waals surface area contributed by atoms with E-state index in [2.05, 4.69) is 0 Å². The molecule has 114 valence electrons. The van der Waals surface area contributed by atoms with Gasteiger partial charge in [-0.15, -0.1) is 0 Å². The molecular formula is C11H18N2O5S2. The molecule has 0 amide bonds. The highest BCUT2D eigenvalue weighted by atomic mass is 32.3. The molecular weight excluding hydrogens is 304 g/mol. The summed E-state index contributed by atoms with van der Waals surface area (Å²) in [4.78, 5) is -0.191. The number of nitrogen functional groups attached to an aromatic ring is 1. The molecule has 1 rings (SSSR count). The minimum atomic E-state index is -4.22. The van der Waals surface area contributed by atoms with E-state index in [9.17, 15) is 16.8 Å². The Balaban J connectivity index is 3.38. The molecule has 1 aromatic rings. The fourth-order valence-electron chi connectivity index (χ4n) is 1.77. The van der Waals surface area contributed by atoms with E-state index in [0.29, 0.717) is 12.2 Å². The van der Waals surface area contributed by atoms with Crippen LogP contribution in [-0.2, 0) is 19.9 Å². The van der Waals surface area contributed by atoms with E-state index in [1.54, 1.807) is 6.92 Å². The van der Waals surface area contributed by atoms with Gasteiger partial charge in [0.25, 0.3) is 0 Å². The second kappa shape index (κ2) is 5.98. The molecule has 1 unspecified atom stereocenters. The fourth-order valence-corrected chi connectivity index (χ4v) is 5.48. The normalized spacial score (nSPS) is 13.9. The largest absolute Gasteiger partial charge is 0.495 e. The van der Waals surface area contributed by atoms with E-state index in [0.717, 1.165) is 0 Å². The van der Waals surface area contributed by atoms with Crippen LogP contribution < -0.4 is 15.6 Å². The molecule has 0 bridgehead atoms. The van der Waals surface area contributed by atoms with Gasteiger partial charge in [0.15, 0.2) is 14.4 Å². The Morgan fingerprint density at radius 2 is 1.85 bits per heavy atom. The molecule has 9 heteroatoms. The lowest BCUT2D eigenvalue weighted by Crippen LogP contribution is -2.35. The standard InChI is InChI=1S/C11H18N2O5S2/c1-3-4-11(20(13,16)17)19(14,15)8-5-6-10(18-2)9(12)7-8/h5-7,11H,3-4,12H2,1-2H3,(H2,13,16,17). The predicted molar refractivity (Wildman–Crippen MR) is 76.4 cm³/mol. The maximum Gasteiger partial charge on any atom is 0.226 e. The van der Waals surface area contributed by atoms with E-state index in [-0.39, 0.29) is 17.0 Å². The van der Waals surface area contributed by atoms with Crippen LogP contribution in [0, 0.1) is 0 Å². The molecule has 0 spiro atoms. The molecule has 0 saturated carbocycles. The van der Waals surface area contributed by atoms with Crippen LogP contribution in [0.15, 0.2) is 23.1 Å². The molecule has 0 aliphatic rings. The summed E-state index contributed by atoms with van der Waals surface area (Å²) in [5.74, 6) is 0.312. The van der Waals surface area contributed by atoms with E-state index in [1.165, 1.54) is 25.3 Å². The maximum absolute atomic E-state index is 12.4. The van der Waals surface area contributed by atoms with Crippen molar-refractivity contribution in [3.8, 4) is 5.75 Å². The number of nitrogens with two attached hydrogens (primary N) is 2. The second-order valence-electron chi connectivity index (χ2n) is 4.26. The molecule has 20 heavy (non-hydrogen) atoms. The van der Waals surface area contributed by atoms with Gasteiger partial charge >= 0.3 is 0 Å². The molecule has 7 nitrogen and oxygen atoms in total. The maximum atomic E-state index is 12.4. The molecule has 0 aromatic heterocycles. The van der Waals surface area contributed by atoms with E-state index in [4.69, 9.17) is 15.6 Å². The lowest BCUT2D eigenvalue weighted by Gasteiger charge is -2.15. The fraction of sp³-hybridized carbons (Fsp3) is 0.455. The van der Waals surface area contributed by atoms with Crippen molar-refractivity contribution >= 4 is 25.5 Å². The van der Waals surface area contributed by atoms with Gasteiger partial charge in [-0.3, -0.25) is 0 Å². The Hall–Kier alpha value is -1.32. The zero-order valence-corrected chi connectivity index (χ0v) is 12.9. The molecule has 0 radical (unpaired) electrons. The summed E-state index contributed by atoms with van der Waals surface area (Å²) in [6.07, 6.45) is 0.291. The zero-order chi connectivity index (χ0) is 15.6. The Kier molecular flexibility index (Phi) is 5.00. The van der Waals surface area contributed by atoms with Crippen molar-refractivity contribution in [2.75, 3.05) is 12.8 Å². The average Bonchev–Trinajstić information content (AvgIpc) is 2.34. The third-order valence-electron chi connectivity index (χ3n) is 2.77. The van der Waals surface area contributed by atoms with Gasteiger partial charge < -0.3 is 10.5 Å². The predicted octanol–water partition coefficient (Wildman–Crippen LogP) is 0.466. The highest BCUT2D eigenvalue weighted by molar-refractivity contribution is 8.08. The number of hydrogen-bond donors (Lipinski definition) is 2. The minimum Gasteiger partial charge on any atom is -0.495 e. The lowest BCUT2D eigenvalue weighted by molar-refractivity contribution is 0.416. The SMILES string of the molecule is CCCC(S(N)(=O)=O)S(=O)(=O)c1ccc(OC)c(N)c1. The van der Waals surface area contributed by atoms with E-state index in [1.807, 2.05) is 0 Å². The highest BCUT2D eigenvalue weighted by Gasteiger charge is 2.36. The van der Waals surface area contributed by atoms with Crippen LogP contribution in [0.4, 0.5) is 5.69 Å². The zero-order valence-electron chi connectivity index (χ0n) is 11.2. The van der Waals surface area contributed by atoms with Crippen molar-refractivity contribution in [3.63, 3.8) is 0 Å². The summed E-state index contributed by atoms with van der Waals surface area (Å²) in [7, 11) is -6.95. The summed E-state index contributed by atoms with van der Waals surface area (Å²) in [5, 5.41) is 5.02. The number of hydrogen-bond acceptors (Lipinski definition) is 6. The van der Waals surface area contributed by atoms with Crippen LogP contribution in [0.5, 0.6) is 5.75 Å². The number of ether oxygens (including phenoxy) is 1. The van der Waals surface area contributed by atoms with Gasteiger partial charge in [0.1, 0.15) is 5.75 Å². The van der Waals surface area contributed by atoms with Gasteiger partial charge in [-0.2, -0.15) is 0 Å². The van der Waals surface area contributed by atoms with Crippen LogP contribution in [0.3, 0.4) is 0 Å². The van der Waals surface area contributed by atoms with E-state index < -0.39 is 24.4 Å². The topological polar surface area (TPSA) is 130 Å². The molecule has 0 fully saturated rings. The van der Waals surface area contributed by atoms with Crippen molar-refractivity contribution in [2.24, 2.45) is 5.14 Å². The first-order valence-corrected chi connectivity index (χ1v) is 8.99. The van der Waals surface area contributed by atoms with Gasteiger partial charge in [0, 0.05) is 0 Å². The smallest absolute Gasteiger partial charge is 0.226 e. The van der Waals surface area contributed by atoms with Crippen LogP contribution >= 0.6 is 0 Å². The summed E-state index contributed by atoms with van der Waals surface area (Å²) in [6, 6.07) is 3.79. The van der Waals surface area contributed by atoms with Gasteiger partial charge in [0.05, 0.1) is 17.7 Å². The molecule has 0 aliphatic heterocycles. The van der Waals surface area contributed by atoms with Crippen molar-refractivity contribution in [1.82, 2.24) is 0 Å². The Labute approximate surface area is 118 Å². The average molecular weight is 322 g/mol. The Morgan fingerprint density at radius 1 is 1.25 bits per heavy atom. The van der Waals surface area contributed by atoms with Crippen molar-refractivity contribution in [3.05, 3.63) is 18.2 Å². The molecule has 0 saturated heterocycles. The van der Waals surface area contributed by atoms with Crippen LogP contribution in [0.2, 0.25) is 0 Å². The van der Waals surface area contributed by atoms with Crippen LogP contribution in [-0.4, -0.2) is 28.5 Å². The minimum absolute atomic E-state index is 0.0763. The second-order valence-corrected chi connectivity index (χ2v) is 8.43. The number of anilines is 1. The van der Waals surface area contributed by atoms with Crippen molar-refractivity contribution in [1.29, 1.82) is 0 Å². The molecule has 1 atom stereocenters. The van der Waals surface area contributed by atoms with Gasteiger partial charge in [-0.05, 0) is 24.6 Å². The number of sulfone groups is 1. The van der Waals surface area contributed by atoms with Gasteiger partial charge in [0.2, 0.25) is 10.0 Å². The van der Waals surface area contributed by atoms with Gasteiger partial charge in [-0.1, -0.05) is 13.3 Å². The van der Waals surface area contributed by atoms with Crippen LogP contribution in [0.1, 0.15) is 19.8 Å². The number of rotatable bonds is 6. The van der Waals surface area contributed by atoms with Crippen LogP contribution in [0.25, 0.3) is 0 Å². The molecule has 0 aliphatic carbocycles. The summed E-state index contributed by atoms with van der Waals surface area (Å²) < 4.78 is 51.0. The first-order chi connectivity index (χ1) is 9.14. The summed E-state index contributed by atoms with van der Waals surface area (Å²) >= 11 is 0. The van der Waals surface area contributed by atoms with Crippen molar-refractivity contribution in [2.45, 2.75) is 29.2 Å². The van der Waals surface area contributed by atoms with E-state index >= 15 is 0 Å². The number of methoxy groups -OCH3 is 1. The summed E-state index contributed by atoms with van der Waals surface area (Å²) in [5.41, 5.74) is 5.75. The number of sulfonamides is 1. The molecule has 0 heterocycles.